The van der Waals surface area contributed by atoms with Crippen molar-refractivity contribution < 1.29 is 69.2 Å². The number of hydrogen-bond acceptors (Lipinski definition) is 15. The lowest BCUT2D eigenvalue weighted by molar-refractivity contribution is -0.268. The van der Waals surface area contributed by atoms with Crippen molar-refractivity contribution in [3.05, 3.63) is 64.8 Å². The van der Waals surface area contributed by atoms with Crippen molar-refractivity contribution in [2.24, 2.45) is 11.8 Å². The average Bonchev–Trinajstić information content (AvgIpc) is 1.19. The number of hydrogen-bond donors (Lipinski definition) is 2. The quantitative estimate of drug-likeness (QED) is 0.0422. The van der Waals surface area contributed by atoms with Crippen LogP contribution in [0.3, 0.4) is 0 Å². The van der Waals surface area contributed by atoms with Gasteiger partial charge in [0.05, 0.1) is 90.0 Å². The van der Waals surface area contributed by atoms with E-state index in [0.717, 1.165) is 43.3 Å². The SMILES string of the molecule is C=C1C[C@H](CCCO)O[C@H]1CC[C@H]1C[C@@H](C)C(=C)[C@@H](C[C@@H]2O[C@H](C[C@@H](CO[Si](C)(C)C(C)(C)C)O[Si](C)(C)C(C)(C)C)[C@H](OC)[C@H]2C(C(O)C[C@H]2CC[C@@H]3O[C@@H]([C@H](/C=C/I)O[Si](C)(C)C(C)(C)C)[C@@H](O[Si](C)(C)C(C)(C)C)[C@@H](O[Si](C)(C)C(C)(C)C)[C@H]3O2)S(=O)(=O)c2ccccc2)O1. The largest absolute Gasteiger partial charge is 0.414 e. The molecule has 5 aliphatic heterocycles. The smallest absolute Gasteiger partial charge is 0.193 e. The van der Waals surface area contributed by atoms with Crippen molar-refractivity contribution >= 4 is 74.0 Å². The molecule has 0 radical (unpaired) electrons. The molecule has 1 aromatic carbocycles. The molecule has 1 aromatic rings. The molecule has 566 valence electrons. The topological polar surface area (TPSA) is 176 Å². The predicted octanol–water partition coefficient (Wildman–Crippen LogP) is 18.2. The molecule has 0 spiro atoms. The highest BCUT2D eigenvalue weighted by molar-refractivity contribution is 14.1. The van der Waals surface area contributed by atoms with Gasteiger partial charge in [0.25, 0.3) is 0 Å². The third-order valence-corrected chi connectivity index (χ3v) is 50.1. The van der Waals surface area contributed by atoms with Crippen molar-refractivity contribution in [1.82, 2.24) is 0 Å². The molecule has 15 nitrogen and oxygen atoms in total. The molecule has 5 fully saturated rings. The number of fused-ring (bicyclic) bond motifs is 1. The zero-order valence-electron chi connectivity index (χ0n) is 66.1. The van der Waals surface area contributed by atoms with Gasteiger partial charge in [-0.25, -0.2) is 8.42 Å². The average molecular weight is 1590 g/mol. The van der Waals surface area contributed by atoms with Gasteiger partial charge in [0.2, 0.25) is 0 Å². The highest BCUT2D eigenvalue weighted by Gasteiger charge is 2.61. The summed E-state index contributed by atoms with van der Waals surface area (Å²) in [4.78, 5) is 0.101. The summed E-state index contributed by atoms with van der Waals surface area (Å²) < 4.78 is 115. The maximum Gasteiger partial charge on any atom is 0.193 e. The maximum atomic E-state index is 16.3. The Morgan fingerprint density at radius 2 is 1.19 bits per heavy atom. The van der Waals surface area contributed by atoms with Crippen LogP contribution in [0.4, 0.5) is 0 Å². The molecule has 2 unspecified atom stereocenters. The van der Waals surface area contributed by atoms with E-state index in [1.54, 1.807) is 31.4 Å². The number of halogens is 1. The Morgan fingerprint density at radius 3 is 1.73 bits per heavy atom. The van der Waals surface area contributed by atoms with E-state index < -0.39 is 142 Å². The number of benzene rings is 1. The Labute approximate surface area is 615 Å². The van der Waals surface area contributed by atoms with Crippen LogP contribution in [0.1, 0.15) is 181 Å². The van der Waals surface area contributed by atoms with Gasteiger partial charge >= 0.3 is 0 Å². The zero-order valence-corrected chi connectivity index (χ0v) is 74.1. The van der Waals surface area contributed by atoms with Gasteiger partial charge in [-0.3, -0.25) is 0 Å². The second-order valence-electron chi connectivity index (χ2n) is 37.5. The maximum absolute atomic E-state index is 16.3. The lowest BCUT2D eigenvalue weighted by atomic mass is 9.80. The predicted molar refractivity (Wildman–Crippen MR) is 421 cm³/mol. The van der Waals surface area contributed by atoms with Crippen LogP contribution in [0.15, 0.2) is 69.7 Å². The monoisotopic (exact) mass is 1590 g/mol. The Balaban J connectivity index is 1.48. The van der Waals surface area contributed by atoms with Crippen molar-refractivity contribution in [2.45, 2.75) is 380 Å². The standard InChI is InChI=1S/C76H139IO15SSi5/c1-50-44-54(37-39-59-51(2)45-53(84-59)34-33-43-78)85-62(52(50)3)48-63-65(66(82-19)64(87-63)47-56(89-95(22,23)73(7,8)9)49-83-94(20,21)72(4,5)6)71(93(80,81)57-35-31-30-32-36-57)58(79)46-55-38-40-60-67(86-55)69(91-97(26,27)75(13,14)15)70(92-98(28,29)76(16,17)18)68(88-60)61(41-42-77)90-96(24,25)74(10,11)12/h30-32,35-36,41-42,50,53-56,58-71,78-79H,2-3,33-34,37-40,43-49H2,1,4-29H3/b42-41+/t50-,53+,54+,55-,56+,58?,59+,60+,61+,62-,63+,64-,65+,66+,67+,68+,69+,70-,71?/m1/s1. The summed E-state index contributed by atoms with van der Waals surface area (Å²) in [6.45, 7) is 68.3. The molecule has 5 aliphatic rings. The van der Waals surface area contributed by atoms with Crippen LogP contribution >= 0.6 is 22.6 Å². The van der Waals surface area contributed by atoms with E-state index in [0.29, 0.717) is 32.3 Å². The van der Waals surface area contributed by atoms with Crippen molar-refractivity contribution in [3.8, 4) is 0 Å². The lowest BCUT2D eigenvalue weighted by Gasteiger charge is -2.56. The molecule has 0 saturated carbocycles. The molecule has 6 rings (SSSR count). The second kappa shape index (κ2) is 33.4. The van der Waals surface area contributed by atoms with Gasteiger partial charge in [-0.1, -0.05) is 165 Å². The van der Waals surface area contributed by atoms with Crippen molar-refractivity contribution in [2.75, 3.05) is 20.3 Å². The van der Waals surface area contributed by atoms with Gasteiger partial charge < -0.3 is 60.8 Å². The van der Waals surface area contributed by atoms with Gasteiger partial charge in [-0.15, -0.1) is 0 Å². The van der Waals surface area contributed by atoms with Crippen LogP contribution in [0.5, 0.6) is 0 Å². The molecule has 22 heteroatoms. The van der Waals surface area contributed by atoms with Gasteiger partial charge in [-0.05, 0) is 181 Å². The van der Waals surface area contributed by atoms with E-state index >= 15 is 8.42 Å². The van der Waals surface area contributed by atoms with Gasteiger partial charge in [0.1, 0.15) is 24.4 Å². The number of aliphatic hydroxyl groups excluding tert-OH is 2. The third-order valence-electron chi connectivity index (χ3n) is 25.0. The molecule has 19 atom stereocenters. The highest BCUT2D eigenvalue weighted by Crippen LogP contribution is 2.51. The van der Waals surface area contributed by atoms with Crippen LogP contribution in [0.25, 0.3) is 0 Å². The van der Waals surface area contributed by atoms with E-state index in [1.165, 1.54) is 0 Å². The minimum atomic E-state index is -4.42. The Hall–Kier alpha value is -0.316. The number of rotatable bonds is 30. The van der Waals surface area contributed by atoms with E-state index in [9.17, 15) is 10.2 Å². The molecule has 0 amide bonds. The van der Waals surface area contributed by atoms with Gasteiger partial charge in [0.15, 0.2) is 51.4 Å². The number of sulfone groups is 1. The normalized spacial score (nSPS) is 30.8. The van der Waals surface area contributed by atoms with E-state index in [4.69, 9.17) is 57.1 Å². The molecular formula is C76H139IO15SSi5. The summed E-state index contributed by atoms with van der Waals surface area (Å²) in [5, 5.41) is 21.2. The van der Waals surface area contributed by atoms with Crippen molar-refractivity contribution in [3.63, 3.8) is 0 Å². The molecule has 5 saturated heterocycles. The second-order valence-corrected chi connectivity index (χ2v) is 64.1. The fourth-order valence-corrected chi connectivity index (χ4v) is 22.4. The summed E-state index contributed by atoms with van der Waals surface area (Å²) in [6, 6.07) is 8.57. The minimum Gasteiger partial charge on any atom is -0.414 e. The van der Waals surface area contributed by atoms with Crippen molar-refractivity contribution in [1.29, 1.82) is 0 Å². The van der Waals surface area contributed by atoms with Crippen LogP contribution < -0.4 is 0 Å². The fourth-order valence-electron chi connectivity index (χ4n) is 13.6. The zero-order chi connectivity index (χ0) is 74.1. The summed E-state index contributed by atoms with van der Waals surface area (Å²) in [5.41, 5.74) is 2.00. The molecule has 0 aliphatic carbocycles. The van der Waals surface area contributed by atoms with Crippen LogP contribution in [-0.4, -0.2) is 183 Å². The Kier molecular flexibility index (Phi) is 29.6. The lowest BCUT2D eigenvalue weighted by Crippen LogP contribution is -2.69. The first kappa shape index (κ1) is 86.6. The summed E-state index contributed by atoms with van der Waals surface area (Å²) in [5.74, 6) is -0.836. The van der Waals surface area contributed by atoms with Crippen LogP contribution in [0, 0.1) is 11.8 Å². The van der Waals surface area contributed by atoms with Gasteiger partial charge in [-0.2, -0.15) is 0 Å². The minimum absolute atomic E-state index is 0.0124. The van der Waals surface area contributed by atoms with E-state index in [2.05, 4.69) is 211 Å². The first-order chi connectivity index (χ1) is 44.7. The number of methoxy groups -OCH3 is 1. The van der Waals surface area contributed by atoms with E-state index in [1.807, 2.05) is 10.1 Å². The molecular weight excluding hydrogens is 1450 g/mol. The highest BCUT2D eigenvalue weighted by atomic mass is 127. The molecule has 2 N–H and O–H groups in total. The summed E-state index contributed by atoms with van der Waals surface area (Å²) >= 11 is 2.30. The van der Waals surface area contributed by atoms with Crippen LogP contribution in [0.2, 0.25) is 90.7 Å². The molecule has 98 heavy (non-hydrogen) atoms. The van der Waals surface area contributed by atoms with Gasteiger partial charge in [0, 0.05) is 38.9 Å². The third kappa shape index (κ3) is 21.1. The summed E-state index contributed by atoms with van der Waals surface area (Å²) in [7, 11) is -15.2. The Bertz CT molecular complexity index is 2880. The van der Waals surface area contributed by atoms with E-state index in [-0.39, 0.29) is 73.8 Å². The number of aliphatic hydroxyl groups is 2. The first-order valence-corrected chi connectivity index (χ1v) is 54.4. The number of ether oxygens (including phenoxy) is 6. The first-order valence-electron chi connectivity index (χ1n) is 37.1. The molecule has 0 bridgehead atoms. The Morgan fingerprint density at radius 1 is 0.643 bits per heavy atom. The summed E-state index contributed by atoms with van der Waals surface area (Å²) in [6.07, 6.45) is -0.549. The molecule has 5 heterocycles. The molecule has 0 aromatic heterocycles. The fraction of sp³-hybridized carbons (Fsp3) is 0.842. The van der Waals surface area contributed by atoms with Crippen LogP contribution in [-0.2, 0) is 60.4 Å².